The van der Waals surface area contributed by atoms with Gasteiger partial charge in [0.25, 0.3) is 0 Å². The number of rotatable bonds is 6. The molecule has 1 aromatic carbocycles. The first kappa shape index (κ1) is 15.7. The van der Waals surface area contributed by atoms with Gasteiger partial charge in [0, 0.05) is 25.0 Å². The lowest BCUT2D eigenvalue weighted by atomic mass is 10.1. The summed E-state index contributed by atoms with van der Waals surface area (Å²) in [6.45, 7) is 1.42. The second kappa shape index (κ2) is 7.87. The van der Waals surface area contributed by atoms with Crippen molar-refractivity contribution in [2.24, 2.45) is 0 Å². The molecule has 0 unspecified atom stereocenters. The molecular formula is C17H21N3O3. The molecule has 0 aliphatic carbocycles. The Balaban J connectivity index is 1.42. The van der Waals surface area contributed by atoms with E-state index in [9.17, 15) is 4.79 Å². The van der Waals surface area contributed by atoms with Gasteiger partial charge >= 0.3 is 0 Å². The molecule has 2 aromatic rings. The predicted molar refractivity (Wildman–Crippen MR) is 84.7 cm³/mol. The lowest BCUT2D eigenvalue weighted by Crippen LogP contribution is -2.40. The number of ether oxygens (including phenoxy) is 1. The van der Waals surface area contributed by atoms with Crippen LogP contribution in [-0.4, -0.2) is 35.3 Å². The third-order valence-corrected chi connectivity index (χ3v) is 3.82. The summed E-state index contributed by atoms with van der Waals surface area (Å²) in [5, 5.41) is 6.98. The van der Waals surface area contributed by atoms with Crippen LogP contribution >= 0.6 is 0 Å². The highest BCUT2D eigenvalue weighted by atomic mass is 16.5. The summed E-state index contributed by atoms with van der Waals surface area (Å²) in [5.41, 5.74) is 0.928. The Kier molecular flexibility index (Phi) is 5.37. The highest BCUT2D eigenvalue weighted by molar-refractivity contribution is 5.76. The van der Waals surface area contributed by atoms with Crippen molar-refractivity contribution in [3.63, 3.8) is 0 Å². The number of carbonyl (C=O) groups excluding carboxylic acids is 1. The topological polar surface area (TPSA) is 77.2 Å². The molecule has 122 valence electrons. The molecule has 23 heavy (non-hydrogen) atoms. The number of nitrogens with zero attached hydrogens (tertiary/aromatic N) is 2. The Hall–Kier alpha value is -2.21. The molecule has 1 aliphatic rings. The first-order valence-electron chi connectivity index (χ1n) is 8.06. The third kappa shape index (κ3) is 4.63. The Morgan fingerprint density at radius 2 is 2.17 bits per heavy atom. The zero-order chi connectivity index (χ0) is 15.9. The molecule has 0 saturated carbocycles. The molecule has 3 rings (SSSR count). The number of benzene rings is 1. The van der Waals surface area contributed by atoms with E-state index < -0.39 is 0 Å². The lowest BCUT2D eigenvalue weighted by Gasteiger charge is -2.23. The summed E-state index contributed by atoms with van der Waals surface area (Å²) in [5.74, 6) is 1.21. The van der Waals surface area contributed by atoms with Gasteiger partial charge in [0.2, 0.25) is 17.6 Å². The van der Waals surface area contributed by atoms with E-state index in [1.807, 2.05) is 30.3 Å². The van der Waals surface area contributed by atoms with E-state index >= 15 is 0 Å². The van der Waals surface area contributed by atoms with E-state index in [0.29, 0.717) is 37.6 Å². The Labute approximate surface area is 135 Å². The second-order valence-electron chi connectivity index (χ2n) is 5.71. The van der Waals surface area contributed by atoms with Crippen LogP contribution in [0.15, 0.2) is 34.9 Å². The summed E-state index contributed by atoms with van der Waals surface area (Å²) < 4.78 is 10.6. The molecule has 1 saturated heterocycles. The van der Waals surface area contributed by atoms with Crippen LogP contribution in [0.3, 0.4) is 0 Å². The molecule has 1 amide bonds. The van der Waals surface area contributed by atoms with E-state index in [1.165, 1.54) is 0 Å². The summed E-state index contributed by atoms with van der Waals surface area (Å²) in [4.78, 5) is 16.3. The van der Waals surface area contributed by atoms with Crippen molar-refractivity contribution >= 4 is 5.91 Å². The van der Waals surface area contributed by atoms with Crippen LogP contribution in [0.2, 0.25) is 0 Å². The van der Waals surface area contributed by atoms with Crippen molar-refractivity contribution in [2.45, 2.75) is 38.1 Å². The zero-order valence-corrected chi connectivity index (χ0v) is 13.0. The van der Waals surface area contributed by atoms with Crippen LogP contribution in [-0.2, 0) is 16.0 Å². The van der Waals surface area contributed by atoms with Gasteiger partial charge in [-0.3, -0.25) is 4.79 Å². The molecule has 0 radical (unpaired) electrons. The molecule has 0 spiro atoms. The van der Waals surface area contributed by atoms with E-state index in [0.717, 1.165) is 25.0 Å². The fourth-order valence-corrected chi connectivity index (χ4v) is 2.62. The summed E-state index contributed by atoms with van der Waals surface area (Å²) in [6.07, 6.45) is 3.76. The minimum atomic E-state index is 0.0586. The third-order valence-electron chi connectivity index (χ3n) is 3.82. The molecule has 2 heterocycles. The van der Waals surface area contributed by atoms with Crippen molar-refractivity contribution in [1.82, 2.24) is 15.5 Å². The minimum Gasteiger partial charge on any atom is -0.379 e. The average Bonchev–Trinajstić information content (AvgIpc) is 3.05. The van der Waals surface area contributed by atoms with Crippen molar-refractivity contribution in [3.8, 4) is 11.4 Å². The molecule has 1 aliphatic heterocycles. The molecular weight excluding hydrogens is 294 g/mol. The van der Waals surface area contributed by atoms with Gasteiger partial charge in [-0.25, -0.2) is 0 Å². The van der Waals surface area contributed by atoms with Gasteiger partial charge in [-0.15, -0.1) is 0 Å². The average molecular weight is 315 g/mol. The lowest BCUT2D eigenvalue weighted by molar-refractivity contribution is -0.122. The number of aromatic nitrogens is 2. The minimum absolute atomic E-state index is 0.0586. The van der Waals surface area contributed by atoms with Gasteiger partial charge < -0.3 is 14.6 Å². The molecule has 0 bridgehead atoms. The Bertz CT molecular complexity index is 621. The van der Waals surface area contributed by atoms with Crippen LogP contribution in [0.5, 0.6) is 0 Å². The highest BCUT2D eigenvalue weighted by Gasteiger charge is 2.16. The molecule has 1 N–H and O–H groups in total. The van der Waals surface area contributed by atoms with Crippen LogP contribution in [0.4, 0.5) is 0 Å². The maximum Gasteiger partial charge on any atom is 0.226 e. The van der Waals surface area contributed by atoms with Gasteiger partial charge in [0.15, 0.2) is 0 Å². The SMILES string of the molecule is O=C(CCCc1nc(-c2ccccc2)no1)N[C@H]1CCCOC1. The number of nitrogens with one attached hydrogen (secondary N) is 1. The van der Waals surface area contributed by atoms with E-state index in [1.54, 1.807) is 0 Å². The van der Waals surface area contributed by atoms with Gasteiger partial charge in [0.1, 0.15) is 0 Å². The summed E-state index contributed by atoms with van der Waals surface area (Å²) in [7, 11) is 0. The van der Waals surface area contributed by atoms with Crippen molar-refractivity contribution in [1.29, 1.82) is 0 Å². The highest BCUT2D eigenvalue weighted by Crippen LogP contribution is 2.15. The Morgan fingerprint density at radius 1 is 1.30 bits per heavy atom. The first-order chi connectivity index (χ1) is 11.3. The predicted octanol–water partition coefficient (Wildman–Crippen LogP) is 2.35. The molecule has 6 heteroatoms. The second-order valence-corrected chi connectivity index (χ2v) is 5.71. The zero-order valence-electron chi connectivity index (χ0n) is 13.0. The van der Waals surface area contributed by atoms with Crippen molar-refractivity contribution in [2.75, 3.05) is 13.2 Å². The molecule has 6 nitrogen and oxygen atoms in total. The smallest absolute Gasteiger partial charge is 0.226 e. The maximum atomic E-state index is 11.9. The van der Waals surface area contributed by atoms with Gasteiger partial charge in [-0.05, 0) is 19.3 Å². The molecule has 1 atom stereocenters. The molecule has 1 fully saturated rings. The van der Waals surface area contributed by atoms with Crippen LogP contribution in [0.25, 0.3) is 11.4 Å². The fraction of sp³-hybridized carbons (Fsp3) is 0.471. The largest absolute Gasteiger partial charge is 0.379 e. The number of hydrogen-bond donors (Lipinski definition) is 1. The van der Waals surface area contributed by atoms with Gasteiger partial charge in [0.05, 0.1) is 12.6 Å². The molecule has 1 aromatic heterocycles. The van der Waals surface area contributed by atoms with Crippen molar-refractivity contribution < 1.29 is 14.1 Å². The van der Waals surface area contributed by atoms with Gasteiger partial charge in [-0.1, -0.05) is 35.5 Å². The standard InChI is InChI=1S/C17H21N3O3/c21-15(18-14-8-5-11-22-12-14)9-4-10-16-19-17(20-23-16)13-6-2-1-3-7-13/h1-3,6-7,14H,4-5,8-12H2,(H,18,21)/t14-/m0/s1. The number of aryl methyl sites for hydroxylation is 1. The maximum absolute atomic E-state index is 11.9. The van der Waals surface area contributed by atoms with Crippen LogP contribution in [0.1, 0.15) is 31.6 Å². The summed E-state index contributed by atoms with van der Waals surface area (Å²) >= 11 is 0. The number of carbonyl (C=O) groups is 1. The number of amides is 1. The van der Waals surface area contributed by atoms with E-state index in [2.05, 4.69) is 15.5 Å². The Morgan fingerprint density at radius 3 is 2.96 bits per heavy atom. The van der Waals surface area contributed by atoms with Crippen LogP contribution in [0, 0.1) is 0 Å². The first-order valence-corrected chi connectivity index (χ1v) is 8.06. The monoisotopic (exact) mass is 315 g/mol. The van der Waals surface area contributed by atoms with E-state index in [-0.39, 0.29) is 11.9 Å². The normalized spacial score (nSPS) is 17.8. The quantitative estimate of drug-likeness (QED) is 0.885. The van der Waals surface area contributed by atoms with Crippen molar-refractivity contribution in [3.05, 3.63) is 36.2 Å². The summed E-state index contributed by atoms with van der Waals surface area (Å²) in [6, 6.07) is 9.85. The fourth-order valence-electron chi connectivity index (χ4n) is 2.62. The van der Waals surface area contributed by atoms with E-state index in [4.69, 9.17) is 9.26 Å². The van der Waals surface area contributed by atoms with Gasteiger partial charge in [-0.2, -0.15) is 4.98 Å². The van der Waals surface area contributed by atoms with Crippen LogP contribution < -0.4 is 5.32 Å². The number of hydrogen-bond acceptors (Lipinski definition) is 5.